The molecule has 1 N–H and O–H groups in total. The van der Waals surface area contributed by atoms with Crippen molar-refractivity contribution >= 4 is 43.1 Å². The summed E-state index contributed by atoms with van der Waals surface area (Å²) in [4.78, 5) is 0. The maximum Gasteiger partial charge on any atom is 0.124 e. The number of benzene rings is 5. The summed E-state index contributed by atoms with van der Waals surface area (Å²) in [7, 11) is 0. The van der Waals surface area contributed by atoms with Crippen molar-refractivity contribution in [1.82, 2.24) is 0 Å². The summed E-state index contributed by atoms with van der Waals surface area (Å²) in [5, 5.41) is 19.7. The molecule has 0 aliphatic heterocycles. The van der Waals surface area contributed by atoms with Crippen LogP contribution in [-0.4, -0.2) is 5.11 Å². The Morgan fingerprint density at radius 3 is 1.78 bits per heavy atom. The molecule has 0 spiro atoms. The van der Waals surface area contributed by atoms with Gasteiger partial charge in [0.2, 0.25) is 0 Å². The van der Waals surface area contributed by atoms with Crippen LogP contribution >= 0.6 is 0 Å². The lowest BCUT2D eigenvalue weighted by molar-refractivity contribution is 0.482. The molecule has 108 valence electrons. The Hall–Kier alpha value is -3.06. The van der Waals surface area contributed by atoms with Crippen molar-refractivity contribution in [3.63, 3.8) is 0 Å². The summed E-state index contributed by atoms with van der Waals surface area (Å²) >= 11 is 0. The third-order valence-corrected chi connectivity index (χ3v) is 4.73. The Bertz CT molecular complexity index is 1190. The van der Waals surface area contributed by atoms with Crippen molar-refractivity contribution in [3.05, 3.63) is 78.9 Å². The zero-order chi connectivity index (χ0) is 15.4. The summed E-state index contributed by atoms with van der Waals surface area (Å²) in [6.07, 6.45) is 0. The van der Waals surface area contributed by atoms with E-state index in [0.29, 0.717) is 5.75 Å². The molecule has 0 saturated carbocycles. The largest absolute Gasteiger partial charge is 0.507 e. The summed E-state index contributed by atoms with van der Waals surface area (Å²) in [5.41, 5.74) is 0. The highest BCUT2D eigenvalue weighted by molar-refractivity contribution is 6.32. The zero-order valence-electron chi connectivity index (χ0n) is 12.5. The minimum atomic E-state index is 0.341. The highest BCUT2D eigenvalue weighted by atomic mass is 16.3. The standard InChI is InChI=1S/C22H14O/c23-20-11-5-10-18-19-13-12-14-6-1-2-7-15(14)21(19)16-8-3-4-9-17(16)22(18)20/h1-13,23H. The van der Waals surface area contributed by atoms with Crippen molar-refractivity contribution in [1.29, 1.82) is 0 Å². The van der Waals surface area contributed by atoms with Crippen LogP contribution in [0, 0.1) is 0 Å². The highest BCUT2D eigenvalue weighted by Crippen LogP contribution is 2.41. The average molecular weight is 294 g/mol. The molecule has 0 amide bonds. The third-order valence-electron chi connectivity index (χ3n) is 4.73. The molecule has 0 heterocycles. The molecule has 0 fully saturated rings. The second-order valence-corrected chi connectivity index (χ2v) is 5.95. The van der Waals surface area contributed by atoms with Crippen LogP contribution < -0.4 is 0 Å². The number of fused-ring (bicyclic) bond motifs is 8. The van der Waals surface area contributed by atoms with E-state index in [9.17, 15) is 5.11 Å². The maximum atomic E-state index is 10.4. The Kier molecular flexibility index (Phi) is 2.42. The van der Waals surface area contributed by atoms with Crippen molar-refractivity contribution < 1.29 is 5.11 Å². The monoisotopic (exact) mass is 294 g/mol. The minimum Gasteiger partial charge on any atom is -0.507 e. The van der Waals surface area contributed by atoms with Crippen LogP contribution in [0.2, 0.25) is 0 Å². The Balaban J connectivity index is 2.24. The number of rotatable bonds is 0. The fraction of sp³-hybridized carbons (Fsp3) is 0. The molecule has 1 nitrogen and oxygen atoms in total. The summed E-state index contributed by atoms with van der Waals surface area (Å²) in [6.45, 7) is 0. The third kappa shape index (κ3) is 1.62. The molecule has 5 rings (SSSR count). The van der Waals surface area contributed by atoms with Gasteiger partial charge >= 0.3 is 0 Å². The molecule has 23 heavy (non-hydrogen) atoms. The second kappa shape index (κ2) is 4.47. The van der Waals surface area contributed by atoms with Gasteiger partial charge in [0.1, 0.15) is 5.75 Å². The van der Waals surface area contributed by atoms with E-state index in [1.807, 2.05) is 12.1 Å². The molecule has 0 saturated heterocycles. The number of hydrogen-bond donors (Lipinski definition) is 1. The van der Waals surface area contributed by atoms with E-state index in [4.69, 9.17) is 0 Å². The molecule has 0 aliphatic rings. The first kappa shape index (κ1) is 12.5. The van der Waals surface area contributed by atoms with Gasteiger partial charge in [-0.05, 0) is 43.8 Å². The topological polar surface area (TPSA) is 20.2 Å². The van der Waals surface area contributed by atoms with Gasteiger partial charge in [0, 0.05) is 5.39 Å². The highest BCUT2D eigenvalue weighted by Gasteiger charge is 2.12. The van der Waals surface area contributed by atoms with Crippen LogP contribution in [0.3, 0.4) is 0 Å². The normalized spacial score (nSPS) is 11.7. The Labute approximate surface area is 133 Å². The Morgan fingerprint density at radius 1 is 0.435 bits per heavy atom. The number of phenols is 1. The van der Waals surface area contributed by atoms with Gasteiger partial charge < -0.3 is 5.11 Å². The quantitative estimate of drug-likeness (QED) is 0.347. The van der Waals surface area contributed by atoms with Gasteiger partial charge in [0.15, 0.2) is 0 Å². The van der Waals surface area contributed by atoms with E-state index in [-0.39, 0.29) is 0 Å². The summed E-state index contributed by atoms with van der Waals surface area (Å²) < 4.78 is 0. The van der Waals surface area contributed by atoms with Gasteiger partial charge in [0.05, 0.1) is 0 Å². The van der Waals surface area contributed by atoms with E-state index in [2.05, 4.69) is 60.7 Å². The lowest BCUT2D eigenvalue weighted by Crippen LogP contribution is -1.85. The van der Waals surface area contributed by atoms with Gasteiger partial charge in [0.25, 0.3) is 0 Å². The van der Waals surface area contributed by atoms with E-state index < -0.39 is 0 Å². The van der Waals surface area contributed by atoms with Crippen molar-refractivity contribution in [2.75, 3.05) is 0 Å². The molecule has 0 bridgehead atoms. The SMILES string of the molecule is Oc1cccc2c3ccc4ccccc4c3c3ccccc3c12. The molecule has 5 aromatic rings. The van der Waals surface area contributed by atoms with Gasteiger partial charge in [-0.3, -0.25) is 0 Å². The average Bonchev–Trinajstić information content (AvgIpc) is 2.61. The van der Waals surface area contributed by atoms with Crippen molar-refractivity contribution in [2.45, 2.75) is 0 Å². The van der Waals surface area contributed by atoms with Crippen molar-refractivity contribution in [3.8, 4) is 5.75 Å². The molecule has 0 unspecified atom stereocenters. The first-order valence-electron chi connectivity index (χ1n) is 7.78. The van der Waals surface area contributed by atoms with Gasteiger partial charge in [-0.1, -0.05) is 72.8 Å². The molecular weight excluding hydrogens is 280 g/mol. The predicted octanol–water partition coefficient (Wildman–Crippen LogP) is 6.01. The molecule has 0 aromatic heterocycles. The Morgan fingerprint density at radius 2 is 1.00 bits per heavy atom. The molecule has 1 heteroatoms. The van der Waals surface area contributed by atoms with E-state index in [0.717, 1.165) is 16.2 Å². The fourth-order valence-corrected chi connectivity index (χ4v) is 3.75. The lowest BCUT2D eigenvalue weighted by Gasteiger charge is -2.13. The van der Waals surface area contributed by atoms with E-state index in [1.54, 1.807) is 6.07 Å². The minimum absolute atomic E-state index is 0.341. The molecule has 0 aliphatic carbocycles. The zero-order valence-corrected chi connectivity index (χ0v) is 12.5. The van der Waals surface area contributed by atoms with Gasteiger partial charge in [-0.25, -0.2) is 0 Å². The van der Waals surface area contributed by atoms with Gasteiger partial charge in [-0.2, -0.15) is 0 Å². The molecule has 0 radical (unpaired) electrons. The van der Waals surface area contributed by atoms with Crippen LogP contribution in [0.4, 0.5) is 0 Å². The van der Waals surface area contributed by atoms with Crippen LogP contribution in [0.5, 0.6) is 5.75 Å². The van der Waals surface area contributed by atoms with Crippen LogP contribution in [0.15, 0.2) is 78.9 Å². The molecule has 5 aromatic carbocycles. The number of aromatic hydroxyl groups is 1. The predicted molar refractivity (Wildman–Crippen MR) is 98.1 cm³/mol. The molecular formula is C22H14O. The van der Waals surface area contributed by atoms with E-state index in [1.165, 1.54) is 26.9 Å². The smallest absolute Gasteiger partial charge is 0.124 e. The number of hydrogen-bond acceptors (Lipinski definition) is 1. The second-order valence-electron chi connectivity index (χ2n) is 5.95. The summed E-state index contributed by atoms with van der Waals surface area (Å²) in [5.74, 6) is 0.341. The van der Waals surface area contributed by atoms with Crippen LogP contribution in [-0.2, 0) is 0 Å². The maximum absolute atomic E-state index is 10.4. The van der Waals surface area contributed by atoms with Crippen LogP contribution in [0.25, 0.3) is 43.1 Å². The van der Waals surface area contributed by atoms with Gasteiger partial charge in [-0.15, -0.1) is 0 Å². The lowest BCUT2D eigenvalue weighted by atomic mass is 9.91. The number of phenolic OH excluding ortho intramolecular Hbond substituents is 1. The first-order valence-corrected chi connectivity index (χ1v) is 7.78. The van der Waals surface area contributed by atoms with Crippen LogP contribution in [0.1, 0.15) is 0 Å². The fourth-order valence-electron chi connectivity index (χ4n) is 3.75. The summed E-state index contributed by atoms with van der Waals surface area (Å²) in [6, 6.07) is 26.9. The van der Waals surface area contributed by atoms with E-state index >= 15 is 0 Å². The first-order chi connectivity index (χ1) is 11.3. The molecule has 0 atom stereocenters. The van der Waals surface area contributed by atoms with Crippen molar-refractivity contribution in [2.24, 2.45) is 0 Å².